The van der Waals surface area contributed by atoms with Crippen LogP contribution in [0, 0.1) is 18.5 Å². The van der Waals surface area contributed by atoms with Crippen molar-refractivity contribution in [1.82, 2.24) is 0 Å². The number of methoxy groups -OCH3 is 1. The highest BCUT2D eigenvalue weighted by Gasteiger charge is 2.12. The monoisotopic (exact) mass is 558 g/mol. The van der Waals surface area contributed by atoms with Gasteiger partial charge in [-0.05, 0) is 93.1 Å². The molecule has 0 radical (unpaired) electrons. The number of benzene rings is 2. The average molecular weight is 558 g/mol. The molecule has 2 rings (SSSR count). The molecule has 0 aliphatic heterocycles. The third-order valence-electron chi connectivity index (χ3n) is 3.52. The molecule has 0 bridgehead atoms. The van der Waals surface area contributed by atoms with Gasteiger partial charge in [0.05, 0.1) is 14.3 Å². The molecular weight excluding hydrogens is 542 g/mol. The van der Waals surface area contributed by atoms with E-state index in [1.165, 1.54) is 5.56 Å². The largest absolute Gasteiger partial charge is 0.495 e. The molecule has 0 spiro atoms. The van der Waals surface area contributed by atoms with Crippen LogP contribution >= 0.6 is 45.2 Å². The van der Waals surface area contributed by atoms with E-state index >= 15 is 0 Å². The summed E-state index contributed by atoms with van der Waals surface area (Å²) in [7, 11) is 1.62. The molecule has 2 aromatic carbocycles. The van der Waals surface area contributed by atoms with Crippen molar-refractivity contribution in [3.8, 4) is 11.8 Å². The first-order valence-corrected chi connectivity index (χ1v) is 9.69. The van der Waals surface area contributed by atoms with Crippen LogP contribution in [0.3, 0.4) is 0 Å². The fourth-order valence-electron chi connectivity index (χ4n) is 2.20. The molecular formula is C19H16I2N2O2. The van der Waals surface area contributed by atoms with Crippen molar-refractivity contribution in [3.63, 3.8) is 0 Å². The minimum atomic E-state index is -0.424. The zero-order chi connectivity index (χ0) is 18.4. The van der Waals surface area contributed by atoms with Crippen molar-refractivity contribution in [1.29, 1.82) is 5.26 Å². The molecule has 0 unspecified atom stereocenters. The lowest BCUT2D eigenvalue weighted by molar-refractivity contribution is -0.112. The lowest BCUT2D eigenvalue weighted by Crippen LogP contribution is -2.13. The van der Waals surface area contributed by atoms with Gasteiger partial charge in [-0.3, -0.25) is 4.79 Å². The number of rotatable bonds is 5. The highest BCUT2D eigenvalue weighted by Crippen LogP contribution is 2.29. The smallest absolute Gasteiger partial charge is 0.266 e. The standard InChI is InChI=1S/C19H16I2N2O2/c1-3-12-4-6-15(7-5-12)23-19(24)14(11-22)8-13-9-16(20)18(25-2)17(21)10-13/h4-10H,3H2,1-2H3,(H,23,24)/b14-8+. The van der Waals surface area contributed by atoms with Crippen LogP contribution < -0.4 is 10.1 Å². The first-order valence-electron chi connectivity index (χ1n) is 7.53. The maximum atomic E-state index is 12.4. The van der Waals surface area contributed by atoms with E-state index in [4.69, 9.17) is 4.74 Å². The Morgan fingerprint density at radius 3 is 2.32 bits per heavy atom. The summed E-state index contributed by atoms with van der Waals surface area (Å²) < 4.78 is 7.17. The van der Waals surface area contributed by atoms with Crippen molar-refractivity contribution < 1.29 is 9.53 Å². The summed E-state index contributed by atoms with van der Waals surface area (Å²) in [4.78, 5) is 12.4. The molecule has 0 aliphatic rings. The lowest BCUT2D eigenvalue weighted by atomic mass is 10.1. The van der Waals surface area contributed by atoms with Gasteiger partial charge in [-0.2, -0.15) is 5.26 Å². The zero-order valence-electron chi connectivity index (χ0n) is 13.8. The molecule has 0 atom stereocenters. The maximum Gasteiger partial charge on any atom is 0.266 e. The van der Waals surface area contributed by atoms with E-state index in [9.17, 15) is 10.1 Å². The van der Waals surface area contributed by atoms with Gasteiger partial charge in [-0.15, -0.1) is 0 Å². The van der Waals surface area contributed by atoms with Crippen molar-refractivity contribution >= 4 is 62.9 Å². The van der Waals surface area contributed by atoms with E-state index in [2.05, 4.69) is 57.4 Å². The van der Waals surface area contributed by atoms with Crippen molar-refractivity contribution in [2.45, 2.75) is 13.3 Å². The number of anilines is 1. The third kappa shape index (κ3) is 5.19. The van der Waals surface area contributed by atoms with Crippen LogP contribution in [0.2, 0.25) is 0 Å². The third-order valence-corrected chi connectivity index (χ3v) is 5.12. The van der Waals surface area contributed by atoms with Crippen LogP contribution in [-0.2, 0) is 11.2 Å². The van der Waals surface area contributed by atoms with E-state index in [1.807, 2.05) is 42.5 Å². The predicted molar refractivity (Wildman–Crippen MR) is 116 cm³/mol. The molecule has 0 aromatic heterocycles. The SMILES string of the molecule is CCc1ccc(NC(=O)/C(C#N)=C/c2cc(I)c(OC)c(I)c2)cc1. The Morgan fingerprint density at radius 2 is 1.84 bits per heavy atom. The van der Waals surface area contributed by atoms with Gasteiger partial charge in [-0.25, -0.2) is 0 Å². The molecule has 4 nitrogen and oxygen atoms in total. The summed E-state index contributed by atoms with van der Waals surface area (Å²) in [6.07, 6.45) is 2.52. The summed E-state index contributed by atoms with van der Waals surface area (Å²) >= 11 is 4.34. The fourth-order valence-corrected chi connectivity index (χ4v) is 4.45. The van der Waals surface area contributed by atoms with E-state index < -0.39 is 5.91 Å². The second-order valence-corrected chi connectivity index (χ2v) is 7.52. The van der Waals surface area contributed by atoms with Crippen LogP contribution in [0.25, 0.3) is 6.08 Å². The Bertz CT molecular complexity index is 830. The number of halogens is 2. The Morgan fingerprint density at radius 1 is 1.24 bits per heavy atom. The molecule has 0 aliphatic carbocycles. The Labute approximate surface area is 174 Å². The second-order valence-electron chi connectivity index (χ2n) is 5.19. The fraction of sp³-hybridized carbons (Fsp3) is 0.158. The molecule has 0 heterocycles. The van der Waals surface area contributed by atoms with E-state index in [0.29, 0.717) is 5.69 Å². The molecule has 2 aromatic rings. The molecule has 0 saturated carbocycles. The molecule has 128 valence electrons. The van der Waals surface area contributed by atoms with Crippen molar-refractivity contribution in [3.05, 3.63) is 60.2 Å². The summed E-state index contributed by atoms with van der Waals surface area (Å²) in [6, 6.07) is 13.3. The molecule has 1 amide bonds. The normalized spacial score (nSPS) is 10.9. The number of aryl methyl sites for hydroxylation is 1. The number of carbonyl (C=O) groups excluding carboxylic acids is 1. The first kappa shape index (κ1) is 19.7. The number of nitriles is 1. The second kappa shape index (κ2) is 9.20. The Hall–Kier alpha value is -1.60. The summed E-state index contributed by atoms with van der Waals surface area (Å²) in [5.74, 6) is 0.366. The summed E-state index contributed by atoms with van der Waals surface area (Å²) in [5, 5.41) is 12.1. The Kier molecular flexibility index (Phi) is 7.25. The van der Waals surface area contributed by atoms with Gasteiger partial charge in [0.25, 0.3) is 5.91 Å². The summed E-state index contributed by atoms with van der Waals surface area (Å²) in [6.45, 7) is 2.07. The van der Waals surface area contributed by atoms with Crippen LogP contribution in [-0.4, -0.2) is 13.0 Å². The van der Waals surface area contributed by atoms with Crippen LogP contribution in [0.4, 0.5) is 5.69 Å². The lowest BCUT2D eigenvalue weighted by Gasteiger charge is -2.08. The van der Waals surface area contributed by atoms with Gasteiger partial charge in [0.15, 0.2) is 0 Å². The molecule has 0 fully saturated rings. The van der Waals surface area contributed by atoms with Gasteiger partial charge in [0.2, 0.25) is 0 Å². The van der Waals surface area contributed by atoms with Crippen LogP contribution in [0.1, 0.15) is 18.1 Å². The molecule has 1 N–H and O–H groups in total. The van der Waals surface area contributed by atoms with Gasteiger partial charge in [-0.1, -0.05) is 19.1 Å². The minimum Gasteiger partial charge on any atom is -0.495 e. The number of hydrogen-bond acceptors (Lipinski definition) is 3. The highest BCUT2D eigenvalue weighted by atomic mass is 127. The number of amides is 1. The maximum absolute atomic E-state index is 12.4. The predicted octanol–water partition coefficient (Wildman–Crippen LogP) is 5.01. The molecule has 0 saturated heterocycles. The average Bonchev–Trinajstić information content (AvgIpc) is 2.60. The van der Waals surface area contributed by atoms with Gasteiger partial charge < -0.3 is 10.1 Å². The zero-order valence-corrected chi connectivity index (χ0v) is 18.1. The quantitative estimate of drug-likeness (QED) is 0.319. The number of carbonyl (C=O) groups is 1. The Balaban J connectivity index is 2.24. The minimum absolute atomic E-state index is 0.0522. The van der Waals surface area contributed by atoms with Crippen LogP contribution in [0.15, 0.2) is 42.0 Å². The van der Waals surface area contributed by atoms with Gasteiger partial charge >= 0.3 is 0 Å². The van der Waals surface area contributed by atoms with E-state index in [1.54, 1.807) is 13.2 Å². The number of ether oxygens (including phenoxy) is 1. The van der Waals surface area contributed by atoms with Crippen LogP contribution in [0.5, 0.6) is 5.75 Å². The van der Waals surface area contributed by atoms with Crippen molar-refractivity contribution in [2.24, 2.45) is 0 Å². The topological polar surface area (TPSA) is 62.1 Å². The van der Waals surface area contributed by atoms with Crippen molar-refractivity contribution in [2.75, 3.05) is 12.4 Å². The molecule has 6 heteroatoms. The van der Waals surface area contributed by atoms with E-state index in [-0.39, 0.29) is 5.57 Å². The highest BCUT2D eigenvalue weighted by molar-refractivity contribution is 14.1. The van der Waals surface area contributed by atoms with Gasteiger partial charge in [0.1, 0.15) is 17.4 Å². The number of nitrogens with one attached hydrogen (secondary N) is 1. The number of hydrogen-bond donors (Lipinski definition) is 1. The van der Waals surface area contributed by atoms with Gasteiger partial charge in [0, 0.05) is 5.69 Å². The number of nitrogens with zero attached hydrogens (tertiary/aromatic N) is 1. The molecule has 25 heavy (non-hydrogen) atoms. The summed E-state index contributed by atoms with van der Waals surface area (Å²) in [5.41, 5.74) is 2.69. The first-order chi connectivity index (χ1) is 12.0. The van der Waals surface area contributed by atoms with E-state index in [0.717, 1.165) is 24.9 Å².